The van der Waals surface area contributed by atoms with Crippen LogP contribution in [0.1, 0.15) is 51.0 Å². The summed E-state index contributed by atoms with van der Waals surface area (Å²) in [5.74, 6) is -0.0940. The Bertz CT molecular complexity index is 506. The maximum atomic E-state index is 13.6. The van der Waals surface area contributed by atoms with Gasteiger partial charge < -0.3 is 5.73 Å². The molecule has 1 aromatic carbocycles. The Kier molecular flexibility index (Phi) is 7.37. The number of hydrogen-bond acceptors (Lipinski definition) is 1. The summed E-state index contributed by atoms with van der Waals surface area (Å²) in [4.78, 5) is 8.13. The zero-order chi connectivity index (χ0) is 15.8. The second kappa shape index (κ2) is 8.78. The third-order valence-corrected chi connectivity index (χ3v) is 3.63. The number of hydrogen-bond donors (Lipinski definition) is 1. The Hall–Kier alpha value is -1.42. The van der Waals surface area contributed by atoms with E-state index in [1.165, 1.54) is 12.1 Å². The first-order chi connectivity index (χ1) is 9.97. The number of aliphatic imine (C=N–C) groups is 2. The van der Waals surface area contributed by atoms with Crippen LogP contribution in [0.3, 0.4) is 0 Å². The lowest BCUT2D eigenvalue weighted by atomic mass is 9.89. The van der Waals surface area contributed by atoms with Gasteiger partial charge >= 0.3 is 0 Å². The fourth-order valence-corrected chi connectivity index (χ4v) is 2.53. The van der Waals surface area contributed by atoms with E-state index in [1.807, 2.05) is 6.92 Å². The molecule has 1 atom stereocenters. The molecule has 1 aromatic rings. The van der Waals surface area contributed by atoms with E-state index in [1.54, 1.807) is 13.1 Å². The summed E-state index contributed by atoms with van der Waals surface area (Å²) in [5, 5.41) is 0.399. The number of nitrogens with zero attached hydrogens (tertiary/aromatic N) is 2. The van der Waals surface area contributed by atoms with E-state index >= 15 is 0 Å². The van der Waals surface area contributed by atoms with Gasteiger partial charge in [0, 0.05) is 23.7 Å². The molecule has 21 heavy (non-hydrogen) atoms. The molecule has 0 radical (unpaired) electrons. The van der Waals surface area contributed by atoms with E-state index in [0.717, 1.165) is 37.0 Å². The van der Waals surface area contributed by atoms with Gasteiger partial charge in [-0.2, -0.15) is 0 Å². The Balaban J connectivity index is 3.09. The molecule has 0 aliphatic rings. The van der Waals surface area contributed by atoms with Gasteiger partial charge in [0.1, 0.15) is 5.82 Å². The topological polar surface area (TPSA) is 50.7 Å². The van der Waals surface area contributed by atoms with Gasteiger partial charge in [0.25, 0.3) is 0 Å². The third kappa shape index (κ3) is 5.84. The Morgan fingerprint density at radius 1 is 1.33 bits per heavy atom. The second-order valence-electron chi connectivity index (χ2n) is 5.09. The Labute approximate surface area is 131 Å². The molecule has 2 N–H and O–H groups in total. The summed E-state index contributed by atoms with van der Waals surface area (Å²) in [6.07, 6.45) is 4.20. The highest BCUT2D eigenvalue weighted by atomic mass is 35.5. The van der Waals surface area contributed by atoms with Gasteiger partial charge in [-0.3, -0.25) is 4.99 Å². The molecule has 3 nitrogen and oxygen atoms in total. The van der Waals surface area contributed by atoms with E-state index < -0.39 is 0 Å². The van der Waals surface area contributed by atoms with Crippen LogP contribution in [0.25, 0.3) is 0 Å². The molecule has 0 amide bonds. The predicted octanol–water partition coefficient (Wildman–Crippen LogP) is 4.55. The standard InChI is InChI=1S/C16H23ClFN3/c1-4-5-6-7-15(11(2)21-16(19)20-3)12-8-13(17)10-14(18)9-12/h8-10,15H,4-7H2,1-3H3,(H2,19,20)/b21-11+. The molecule has 0 saturated carbocycles. The van der Waals surface area contributed by atoms with Crippen molar-refractivity contribution in [2.75, 3.05) is 7.05 Å². The minimum absolute atomic E-state index is 0.00468. The van der Waals surface area contributed by atoms with Crippen LogP contribution in [0.15, 0.2) is 28.2 Å². The van der Waals surface area contributed by atoms with Crippen LogP contribution < -0.4 is 5.73 Å². The molecule has 116 valence electrons. The fraction of sp³-hybridized carbons (Fsp3) is 0.500. The molecule has 0 fully saturated rings. The van der Waals surface area contributed by atoms with Gasteiger partial charge in [-0.1, -0.05) is 37.8 Å². The summed E-state index contributed by atoms with van der Waals surface area (Å²) in [7, 11) is 1.59. The number of halogens is 2. The van der Waals surface area contributed by atoms with Crippen LogP contribution in [0.5, 0.6) is 0 Å². The lowest BCUT2D eigenvalue weighted by molar-refractivity contribution is 0.614. The summed E-state index contributed by atoms with van der Waals surface area (Å²) in [5.41, 5.74) is 7.33. The van der Waals surface area contributed by atoms with Crippen molar-refractivity contribution in [3.63, 3.8) is 0 Å². The van der Waals surface area contributed by atoms with Crippen molar-refractivity contribution >= 4 is 23.3 Å². The van der Waals surface area contributed by atoms with E-state index in [-0.39, 0.29) is 17.7 Å². The average molecular weight is 312 g/mol. The molecule has 0 spiro atoms. The van der Waals surface area contributed by atoms with Gasteiger partial charge in [-0.15, -0.1) is 0 Å². The summed E-state index contributed by atoms with van der Waals surface area (Å²) in [6, 6.07) is 4.61. The van der Waals surface area contributed by atoms with Gasteiger partial charge in [-0.05, 0) is 37.1 Å². The highest BCUT2D eigenvalue weighted by Crippen LogP contribution is 2.27. The molecule has 1 unspecified atom stereocenters. The van der Waals surface area contributed by atoms with E-state index in [0.29, 0.717) is 5.02 Å². The zero-order valence-corrected chi connectivity index (χ0v) is 13.6. The van der Waals surface area contributed by atoms with Crippen LogP contribution in [0, 0.1) is 5.82 Å². The van der Waals surface area contributed by atoms with Crippen LogP contribution in [-0.4, -0.2) is 18.7 Å². The Morgan fingerprint density at radius 3 is 2.62 bits per heavy atom. The third-order valence-electron chi connectivity index (χ3n) is 3.41. The molecule has 1 rings (SSSR count). The van der Waals surface area contributed by atoms with Crippen molar-refractivity contribution in [1.29, 1.82) is 0 Å². The van der Waals surface area contributed by atoms with Gasteiger partial charge in [-0.25, -0.2) is 9.38 Å². The maximum Gasteiger partial charge on any atom is 0.214 e. The monoisotopic (exact) mass is 311 g/mol. The molecule has 0 saturated heterocycles. The Morgan fingerprint density at radius 2 is 2.05 bits per heavy atom. The SMILES string of the molecule is CCCCCC(/C(C)=N/C(N)=N\C)c1cc(F)cc(Cl)c1. The number of nitrogens with two attached hydrogens (primary N) is 1. The predicted molar refractivity (Wildman–Crippen MR) is 88.9 cm³/mol. The zero-order valence-electron chi connectivity index (χ0n) is 12.9. The molecule has 0 aromatic heterocycles. The van der Waals surface area contributed by atoms with Crippen molar-refractivity contribution in [2.24, 2.45) is 15.7 Å². The van der Waals surface area contributed by atoms with Crippen molar-refractivity contribution in [3.05, 3.63) is 34.6 Å². The van der Waals surface area contributed by atoms with Crippen LogP contribution in [-0.2, 0) is 0 Å². The van der Waals surface area contributed by atoms with Gasteiger partial charge in [0.05, 0.1) is 0 Å². The van der Waals surface area contributed by atoms with Gasteiger partial charge in [0.2, 0.25) is 5.96 Å². The molecule has 0 bridgehead atoms. The van der Waals surface area contributed by atoms with Crippen LogP contribution in [0.4, 0.5) is 4.39 Å². The lowest BCUT2D eigenvalue weighted by Gasteiger charge is -2.18. The van der Waals surface area contributed by atoms with Crippen molar-refractivity contribution < 1.29 is 4.39 Å². The number of benzene rings is 1. The molecular weight excluding hydrogens is 289 g/mol. The van der Waals surface area contributed by atoms with E-state index in [4.69, 9.17) is 17.3 Å². The van der Waals surface area contributed by atoms with Crippen LogP contribution >= 0.6 is 11.6 Å². The van der Waals surface area contributed by atoms with E-state index in [2.05, 4.69) is 16.9 Å². The molecule has 0 aliphatic carbocycles. The number of rotatable bonds is 6. The molecular formula is C16H23ClFN3. The smallest absolute Gasteiger partial charge is 0.214 e. The van der Waals surface area contributed by atoms with Crippen molar-refractivity contribution in [3.8, 4) is 0 Å². The largest absolute Gasteiger partial charge is 0.368 e. The first kappa shape index (κ1) is 17.6. The molecule has 0 heterocycles. The maximum absolute atomic E-state index is 13.6. The second-order valence-corrected chi connectivity index (χ2v) is 5.52. The number of guanidine groups is 1. The van der Waals surface area contributed by atoms with Crippen molar-refractivity contribution in [2.45, 2.75) is 45.4 Å². The average Bonchev–Trinajstić information content (AvgIpc) is 2.42. The minimum atomic E-state index is -0.331. The van der Waals surface area contributed by atoms with Crippen LogP contribution in [0.2, 0.25) is 5.02 Å². The first-order valence-electron chi connectivity index (χ1n) is 7.21. The highest BCUT2D eigenvalue weighted by Gasteiger charge is 2.17. The lowest BCUT2D eigenvalue weighted by Crippen LogP contribution is -2.16. The fourth-order valence-electron chi connectivity index (χ4n) is 2.30. The molecule has 5 heteroatoms. The van der Waals surface area contributed by atoms with Gasteiger partial charge in [0.15, 0.2) is 0 Å². The van der Waals surface area contributed by atoms with Crippen molar-refractivity contribution in [1.82, 2.24) is 0 Å². The number of unbranched alkanes of at least 4 members (excludes halogenated alkanes) is 2. The summed E-state index contributed by atoms with van der Waals surface area (Å²) >= 11 is 5.96. The molecule has 0 aliphatic heterocycles. The summed E-state index contributed by atoms with van der Waals surface area (Å²) in [6.45, 7) is 4.05. The normalized spacial score (nSPS) is 14.3. The van der Waals surface area contributed by atoms with E-state index in [9.17, 15) is 4.39 Å². The summed E-state index contributed by atoms with van der Waals surface area (Å²) < 4.78 is 13.6. The quantitative estimate of drug-likeness (QED) is 0.468. The minimum Gasteiger partial charge on any atom is -0.368 e. The first-order valence-corrected chi connectivity index (χ1v) is 7.59. The highest BCUT2D eigenvalue weighted by molar-refractivity contribution is 6.30.